The van der Waals surface area contributed by atoms with E-state index in [1.54, 1.807) is 30.3 Å². The minimum Gasteiger partial charge on any atom is -0.323 e. The minimum absolute atomic E-state index is 0.134. The van der Waals surface area contributed by atoms with Crippen molar-refractivity contribution in [3.63, 3.8) is 0 Å². The Bertz CT molecular complexity index is 1390. The number of fused-ring (bicyclic) bond motifs is 3. The van der Waals surface area contributed by atoms with Gasteiger partial charge in [0.25, 0.3) is 0 Å². The largest absolute Gasteiger partial charge is 0.323 e. The number of sulfonamides is 1. The summed E-state index contributed by atoms with van der Waals surface area (Å²) in [6.07, 6.45) is 6.54. The van der Waals surface area contributed by atoms with Crippen LogP contribution in [-0.2, 0) is 27.7 Å². The third-order valence-corrected chi connectivity index (χ3v) is 9.95. The lowest BCUT2D eigenvalue weighted by Gasteiger charge is -2.23. The van der Waals surface area contributed by atoms with E-state index in [4.69, 9.17) is 11.6 Å². The number of thiophene rings is 1. The molecule has 2 aromatic carbocycles. The van der Waals surface area contributed by atoms with Gasteiger partial charge in [-0.2, -0.15) is 0 Å². The number of anilines is 1. The smallest absolute Gasteiger partial charge is 0.250 e. The van der Waals surface area contributed by atoms with Gasteiger partial charge < -0.3 is 5.32 Å². The predicted molar refractivity (Wildman–Crippen MR) is 138 cm³/mol. The molecule has 1 heterocycles. The highest BCUT2D eigenvalue weighted by atomic mass is 35.5. The first-order valence-corrected chi connectivity index (χ1v) is 14.1. The Labute approximate surface area is 213 Å². The average Bonchev–Trinajstić information content (AvgIpc) is 3.37. The normalized spacial score (nSPS) is 21.6. The summed E-state index contributed by atoms with van der Waals surface area (Å²) >= 11 is 7.01. The van der Waals surface area contributed by atoms with E-state index in [1.807, 2.05) is 18.2 Å². The van der Waals surface area contributed by atoms with Crippen molar-refractivity contribution < 1.29 is 17.6 Å². The van der Waals surface area contributed by atoms with Gasteiger partial charge in [-0.25, -0.2) is 17.5 Å². The summed E-state index contributed by atoms with van der Waals surface area (Å²) in [5.74, 6) is -0.178. The van der Waals surface area contributed by atoms with Crippen LogP contribution in [0.1, 0.15) is 29.5 Å². The van der Waals surface area contributed by atoms with Crippen LogP contribution < -0.4 is 10.0 Å². The van der Waals surface area contributed by atoms with Gasteiger partial charge in [0.05, 0.1) is 4.34 Å². The maximum absolute atomic E-state index is 13.0. The Kier molecular flexibility index (Phi) is 6.81. The molecule has 1 fully saturated rings. The van der Waals surface area contributed by atoms with Crippen LogP contribution in [0, 0.1) is 17.7 Å². The lowest BCUT2D eigenvalue weighted by Crippen LogP contribution is -2.41. The first kappa shape index (κ1) is 24.2. The molecule has 5 nitrogen and oxygen atoms in total. The second-order valence-electron chi connectivity index (χ2n) is 9.07. The lowest BCUT2D eigenvalue weighted by molar-refractivity contribution is -0.111. The van der Waals surface area contributed by atoms with Crippen molar-refractivity contribution in [3.8, 4) is 0 Å². The number of carbonyl (C=O) groups is 1. The van der Waals surface area contributed by atoms with Crippen molar-refractivity contribution in [1.29, 1.82) is 0 Å². The Balaban J connectivity index is 1.28. The number of rotatable bonds is 6. The molecule has 1 saturated carbocycles. The number of carbonyl (C=O) groups excluding carboxylic acids is 1. The second-order valence-corrected chi connectivity index (χ2v) is 12.7. The quantitative estimate of drug-likeness (QED) is 0.403. The molecule has 0 aliphatic heterocycles. The molecule has 2 aliphatic rings. The number of amides is 1. The molecule has 35 heavy (non-hydrogen) atoms. The fraction of sp³-hybridized carbons (Fsp3) is 0.269. The van der Waals surface area contributed by atoms with Gasteiger partial charge >= 0.3 is 0 Å². The molecule has 1 amide bonds. The molecular formula is C26H24ClFN2O3S2. The number of halogens is 2. The monoisotopic (exact) mass is 530 g/mol. The molecule has 2 bridgehead atoms. The van der Waals surface area contributed by atoms with Gasteiger partial charge in [0.15, 0.2) is 0 Å². The molecule has 0 unspecified atom stereocenters. The van der Waals surface area contributed by atoms with Crippen LogP contribution >= 0.6 is 22.9 Å². The molecule has 3 atom stereocenters. The van der Waals surface area contributed by atoms with Crippen LogP contribution in [-0.4, -0.2) is 20.4 Å². The topological polar surface area (TPSA) is 75.3 Å². The number of hydrogen-bond donors (Lipinski definition) is 2. The molecule has 0 saturated heterocycles. The molecule has 1 aromatic heterocycles. The maximum Gasteiger partial charge on any atom is 0.250 e. The number of nitrogens with one attached hydrogen (secondary N) is 2. The van der Waals surface area contributed by atoms with Crippen LogP contribution in [0.4, 0.5) is 10.1 Å². The van der Waals surface area contributed by atoms with Gasteiger partial charge in [0, 0.05) is 17.8 Å². The first-order valence-electron chi connectivity index (χ1n) is 11.4. The second kappa shape index (κ2) is 9.85. The van der Waals surface area contributed by atoms with E-state index in [2.05, 4.69) is 10.0 Å². The fourth-order valence-electron chi connectivity index (χ4n) is 5.09. The molecule has 2 N–H and O–H groups in total. The Hall–Kier alpha value is -2.52. The van der Waals surface area contributed by atoms with E-state index in [0.29, 0.717) is 10.0 Å². The van der Waals surface area contributed by atoms with Gasteiger partial charge in [0.1, 0.15) is 10.0 Å². The molecular weight excluding hydrogens is 507 g/mol. The third kappa shape index (κ3) is 5.51. The molecule has 0 radical (unpaired) electrons. The van der Waals surface area contributed by atoms with Crippen LogP contribution in [0.2, 0.25) is 4.34 Å². The highest BCUT2D eigenvalue weighted by Gasteiger charge is 2.41. The summed E-state index contributed by atoms with van der Waals surface area (Å²) in [6.45, 7) is 0. The summed E-state index contributed by atoms with van der Waals surface area (Å²) in [6, 6.07) is 14.8. The highest BCUT2D eigenvalue weighted by molar-refractivity contribution is 7.91. The third-order valence-electron chi connectivity index (χ3n) is 6.76. The van der Waals surface area contributed by atoms with Crippen molar-refractivity contribution >= 4 is 50.6 Å². The van der Waals surface area contributed by atoms with Crippen molar-refractivity contribution in [2.45, 2.75) is 35.9 Å². The SMILES string of the molecule is O=C(/C=C/c1ccc(F)cc1)Nc1ccc2c(c1)C[C@@H]1CC[C@H](C2)[C@H]1NS(=O)(=O)c1ccc(Cl)s1. The molecule has 3 aromatic rings. The van der Waals surface area contributed by atoms with Gasteiger partial charge in [-0.15, -0.1) is 11.3 Å². The predicted octanol–water partition coefficient (Wildman–Crippen LogP) is 5.66. The lowest BCUT2D eigenvalue weighted by atomic mass is 9.93. The van der Waals surface area contributed by atoms with E-state index in [0.717, 1.165) is 48.1 Å². The Morgan fingerprint density at radius 2 is 1.71 bits per heavy atom. The van der Waals surface area contributed by atoms with E-state index in [9.17, 15) is 17.6 Å². The van der Waals surface area contributed by atoms with Crippen LogP contribution in [0.5, 0.6) is 0 Å². The number of benzene rings is 2. The summed E-state index contributed by atoms with van der Waals surface area (Å²) in [7, 11) is -3.63. The van der Waals surface area contributed by atoms with Crippen molar-refractivity contribution in [1.82, 2.24) is 4.72 Å². The average molecular weight is 531 g/mol. The van der Waals surface area contributed by atoms with Crippen LogP contribution in [0.15, 0.2) is 64.9 Å². The molecule has 0 spiro atoms. The highest BCUT2D eigenvalue weighted by Crippen LogP contribution is 2.41. The number of hydrogen-bond acceptors (Lipinski definition) is 4. The molecule has 2 aliphatic carbocycles. The Morgan fingerprint density at radius 3 is 2.40 bits per heavy atom. The van der Waals surface area contributed by atoms with Gasteiger partial charge in [-0.3, -0.25) is 4.79 Å². The van der Waals surface area contributed by atoms with E-state index < -0.39 is 10.0 Å². The summed E-state index contributed by atoms with van der Waals surface area (Å²) in [5, 5.41) is 2.89. The van der Waals surface area contributed by atoms with Crippen LogP contribution in [0.3, 0.4) is 0 Å². The van der Waals surface area contributed by atoms with Crippen molar-refractivity contribution in [2.75, 3.05) is 5.32 Å². The van der Waals surface area contributed by atoms with Gasteiger partial charge in [-0.05, 0) is 96.7 Å². The van der Waals surface area contributed by atoms with E-state index >= 15 is 0 Å². The van der Waals surface area contributed by atoms with E-state index in [-0.39, 0.29) is 33.8 Å². The summed E-state index contributed by atoms with van der Waals surface area (Å²) in [4.78, 5) is 12.4. The summed E-state index contributed by atoms with van der Waals surface area (Å²) in [5.41, 5.74) is 3.76. The first-order chi connectivity index (χ1) is 16.8. The van der Waals surface area contributed by atoms with Crippen molar-refractivity contribution in [2.24, 2.45) is 11.8 Å². The maximum atomic E-state index is 13.0. The zero-order chi connectivity index (χ0) is 24.6. The summed E-state index contributed by atoms with van der Waals surface area (Å²) < 4.78 is 42.6. The Morgan fingerprint density at radius 1 is 1.00 bits per heavy atom. The molecule has 9 heteroatoms. The zero-order valence-electron chi connectivity index (χ0n) is 18.7. The standard InChI is InChI=1S/C26H24ClFN2O3S2/c27-23-10-12-25(34-23)35(32,33)30-26-18-4-5-19(26)14-20-15-22(9-6-17(20)13-18)29-24(31)11-3-16-1-7-21(28)8-2-16/h1-3,6-12,15,18-19,26,30H,4-5,13-14H2,(H,29,31)/b11-3+/t18-,19+,26-/m1/s1. The van der Waals surface area contributed by atoms with Gasteiger partial charge in [0.2, 0.25) is 15.9 Å². The van der Waals surface area contributed by atoms with E-state index in [1.165, 1.54) is 23.8 Å². The van der Waals surface area contributed by atoms with Crippen molar-refractivity contribution in [3.05, 3.63) is 87.5 Å². The van der Waals surface area contributed by atoms with Gasteiger partial charge in [-0.1, -0.05) is 29.8 Å². The molecule has 5 rings (SSSR count). The molecule has 182 valence electrons. The zero-order valence-corrected chi connectivity index (χ0v) is 21.1. The fourth-order valence-corrected chi connectivity index (χ4v) is 7.96. The van der Waals surface area contributed by atoms with Crippen LogP contribution in [0.25, 0.3) is 6.08 Å². The minimum atomic E-state index is -3.63.